The molecular formula is C16H11NO4. The largest absolute Gasteiger partial charge is 0.508 e. The maximum Gasteiger partial charge on any atom is 0.211 e. The molecule has 104 valence electrons. The molecule has 2 aromatic carbocycles. The summed E-state index contributed by atoms with van der Waals surface area (Å²) in [4.78, 5) is 22.8. The van der Waals surface area contributed by atoms with Gasteiger partial charge >= 0.3 is 0 Å². The smallest absolute Gasteiger partial charge is 0.211 e. The lowest BCUT2D eigenvalue weighted by molar-refractivity contribution is -0.105. The fourth-order valence-corrected chi connectivity index (χ4v) is 2.16. The summed E-state index contributed by atoms with van der Waals surface area (Å²) in [6, 6.07) is 12.6. The molecule has 1 heterocycles. The van der Waals surface area contributed by atoms with E-state index in [1.807, 2.05) is 0 Å². The van der Waals surface area contributed by atoms with Crippen molar-refractivity contribution in [2.45, 2.75) is 0 Å². The van der Waals surface area contributed by atoms with Crippen molar-refractivity contribution in [1.82, 2.24) is 0 Å². The van der Waals surface area contributed by atoms with Crippen LogP contribution in [0.15, 0.2) is 57.7 Å². The molecule has 21 heavy (non-hydrogen) atoms. The average Bonchev–Trinajstić information content (AvgIpc) is 2.49. The Morgan fingerprint density at radius 3 is 2.71 bits per heavy atom. The Balaban J connectivity index is 2.27. The number of phenolic OH excluding ortho intramolecular Hbond substituents is 1. The normalized spacial score (nSPS) is 10.5. The fourth-order valence-electron chi connectivity index (χ4n) is 2.16. The number of anilines is 1. The molecular weight excluding hydrogens is 270 g/mol. The van der Waals surface area contributed by atoms with Crippen molar-refractivity contribution in [2.24, 2.45) is 0 Å². The van der Waals surface area contributed by atoms with E-state index in [9.17, 15) is 14.7 Å². The molecule has 3 rings (SSSR count). The van der Waals surface area contributed by atoms with Crippen LogP contribution >= 0.6 is 0 Å². The van der Waals surface area contributed by atoms with E-state index < -0.39 is 0 Å². The van der Waals surface area contributed by atoms with Crippen LogP contribution in [-0.4, -0.2) is 11.5 Å². The van der Waals surface area contributed by atoms with E-state index in [4.69, 9.17) is 4.42 Å². The summed E-state index contributed by atoms with van der Waals surface area (Å²) in [6.45, 7) is 0. The van der Waals surface area contributed by atoms with Crippen LogP contribution in [-0.2, 0) is 4.79 Å². The van der Waals surface area contributed by atoms with Gasteiger partial charge in [-0.15, -0.1) is 0 Å². The predicted molar refractivity (Wildman–Crippen MR) is 79.3 cm³/mol. The number of benzene rings is 2. The van der Waals surface area contributed by atoms with Gasteiger partial charge in [-0.3, -0.25) is 9.59 Å². The second-order valence-electron chi connectivity index (χ2n) is 4.46. The van der Waals surface area contributed by atoms with Crippen molar-refractivity contribution in [3.8, 4) is 17.1 Å². The number of nitrogens with one attached hydrogen (secondary N) is 1. The van der Waals surface area contributed by atoms with Crippen molar-refractivity contribution in [3.63, 3.8) is 0 Å². The van der Waals surface area contributed by atoms with Crippen LogP contribution in [0.25, 0.3) is 22.3 Å². The van der Waals surface area contributed by atoms with E-state index in [-0.39, 0.29) is 16.9 Å². The van der Waals surface area contributed by atoms with Crippen LogP contribution < -0.4 is 10.7 Å². The van der Waals surface area contributed by atoms with Crippen LogP contribution in [0.4, 0.5) is 5.69 Å². The molecule has 0 unspecified atom stereocenters. The van der Waals surface area contributed by atoms with Crippen molar-refractivity contribution in [3.05, 3.63) is 58.8 Å². The highest BCUT2D eigenvalue weighted by Crippen LogP contribution is 2.31. The van der Waals surface area contributed by atoms with Gasteiger partial charge in [-0.1, -0.05) is 12.1 Å². The second kappa shape index (κ2) is 5.13. The average molecular weight is 281 g/mol. The summed E-state index contributed by atoms with van der Waals surface area (Å²) in [5.74, 6) is 0.288. The van der Waals surface area contributed by atoms with Gasteiger partial charge in [-0.05, 0) is 30.3 Å². The molecule has 1 aromatic heterocycles. The lowest BCUT2D eigenvalue weighted by Crippen LogP contribution is -2.02. The molecule has 0 atom stereocenters. The van der Waals surface area contributed by atoms with Crippen molar-refractivity contribution in [1.29, 1.82) is 0 Å². The number of carbonyl (C=O) groups excluding carboxylic acids is 1. The summed E-state index contributed by atoms with van der Waals surface area (Å²) in [7, 11) is 0. The van der Waals surface area contributed by atoms with Gasteiger partial charge in [0.05, 0.1) is 11.1 Å². The number of para-hydroxylation sites is 1. The van der Waals surface area contributed by atoms with E-state index in [1.165, 1.54) is 24.3 Å². The Morgan fingerprint density at radius 2 is 1.90 bits per heavy atom. The van der Waals surface area contributed by atoms with Gasteiger partial charge in [0.2, 0.25) is 6.41 Å². The molecule has 0 saturated heterocycles. The maximum absolute atomic E-state index is 12.1. The minimum atomic E-state index is -0.188. The van der Waals surface area contributed by atoms with Gasteiger partial charge in [0.15, 0.2) is 5.43 Å². The van der Waals surface area contributed by atoms with Crippen LogP contribution in [0, 0.1) is 0 Å². The zero-order valence-electron chi connectivity index (χ0n) is 10.9. The Morgan fingerprint density at radius 1 is 1.10 bits per heavy atom. The van der Waals surface area contributed by atoms with Gasteiger partial charge in [-0.2, -0.15) is 0 Å². The van der Waals surface area contributed by atoms with Crippen LogP contribution in [0.3, 0.4) is 0 Å². The highest BCUT2D eigenvalue weighted by molar-refractivity contribution is 5.86. The minimum absolute atomic E-state index is 0.0113. The van der Waals surface area contributed by atoms with Crippen LogP contribution in [0.2, 0.25) is 0 Å². The number of hydrogen-bond acceptors (Lipinski definition) is 4. The monoisotopic (exact) mass is 281 g/mol. The SMILES string of the molecule is O=CNc1ccc(O)cc1-c1cc(=O)c2ccccc2o1. The Kier molecular flexibility index (Phi) is 3.16. The first-order chi connectivity index (χ1) is 10.2. The number of carbonyl (C=O) groups is 1. The van der Waals surface area contributed by atoms with E-state index >= 15 is 0 Å². The minimum Gasteiger partial charge on any atom is -0.508 e. The van der Waals surface area contributed by atoms with Gasteiger partial charge in [-0.25, -0.2) is 0 Å². The van der Waals surface area contributed by atoms with Gasteiger partial charge < -0.3 is 14.8 Å². The Hall–Kier alpha value is -3.08. The molecule has 0 saturated carbocycles. The molecule has 0 bridgehead atoms. The van der Waals surface area contributed by atoms with E-state index in [0.29, 0.717) is 28.6 Å². The Bertz CT molecular complexity index is 883. The second-order valence-corrected chi connectivity index (χ2v) is 4.46. The summed E-state index contributed by atoms with van der Waals surface area (Å²) in [6.07, 6.45) is 0.523. The highest BCUT2D eigenvalue weighted by atomic mass is 16.3. The molecule has 1 amide bonds. The number of amides is 1. The summed E-state index contributed by atoms with van der Waals surface area (Å²) < 4.78 is 5.70. The molecule has 5 heteroatoms. The summed E-state index contributed by atoms with van der Waals surface area (Å²) >= 11 is 0. The molecule has 0 aliphatic rings. The number of phenols is 1. The third kappa shape index (κ3) is 2.36. The standard InChI is InChI=1S/C16H11NO4/c18-9-17-13-6-5-10(19)7-12(13)16-8-14(20)11-3-1-2-4-15(11)21-16/h1-9,19H,(H,17,18). The zero-order valence-corrected chi connectivity index (χ0v) is 10.9. The number of aromatic hydroxyl groups is 1. The molecule has 0 fully saturated rings. The van der Waals surface area contributed by atoms with Gasteiger partial charge in [0.25, 0.3) is 0 Å². The van der Waals surface area contributed by atoms with Crippen LogP contribution in [0.5, 0.6) is 5.75 Å². The van der Waals surface area contributed by atoms with E-state index in [0.717, 1.165) is 0 Å². The highest BCUT2D eigenvalue weighted by Gasteiger charge is 2.11. The lowest BCUT2D eigenvalue weighted by atomic mass is 10.1. The molecule has 2 N–H and O–H groups in total. The molecule has 5 nitrogen and oxygen atoms in total. The lowest BCUT2D eigenvalue weighted by Gasteiger charge is -2.09. The molecule has 0 aliphatic heterocycles. The number of rotatable bonds is 3. The van der Waals surface area contributed by atoms with E-state index in [1.54, 1.807) is 24.3 Å². The first-order valence-electron chi connectivity index (χ1n) is 6.25. The summed E-state index contributed by atoms with van der Waals surface area (Å²) in [5.41, 5.74) is 1.14. The summed E-state index contributed by atoms with van der Waals surface area (Å²) in [5, 5.41) is 12.6. The molecule has 0 spiro atoms. The molecule has 0 aliphatic carbocycles. The van der Waals surface area contributed by atoms with Gasteiger partial charge in [0, 0.05) is 11.6 Å². The molecule has 3 aromatic rings. The van der Waals surface area contributed by atoms with Crippen molar-refractivity contribution < 1.29 is 14.3 Å². The third-order valence-electron chi connectivity index (χ3n) is 3.12. The van der Waals surface area contributed by atoms with E-state index in [2.05, 4.69) is 5.32 Å². The topological polar surface area (TPSA) is 79.5 Å². The fraction of sp³-hybridized carbons (Fsp3) is 0. The first kappa shape index (κ1) is 12.9. The number of hydrogen-bond donors (Lipinski definition) is 2. The van der Waals surface area contributed by atoms with Crippen molar-refractivity contribution in [2.75, 3.05) is 5.32 Å². The zero-order chi connectivity index (χ0) is 14.8. The quantitative estimate of drug-likeness (QED) is 0.571. The van der Waals surface area contributed by atoms with Crippen molar-refractivity contribution >= 4 is 23.1 Å². The molecule has 0 radical (unpaired) electrons. The first-order valence-corrected chi connectivity index (χ1v) is 6.25. The van der Waals surface area contributed by atoms with Crippen LogP contribution in [0.1, 0.15) is 0 Å². The number of fused-ring (bicyclic) bond motifs is 1. The third-order valence-corrected chi connectivity index (χ3v) is 3.12. The predicted octanol–water partition coefficient (Wildman–Crippen LogP) is 2.73. The maximum atomic E-state index is 12.1. The van der Waals surface area contributed by atoms with Gasteiger partial charge in [0.1, 0.15) is 17.1 Å². The Labute approximate surface area is 119 Å².